The third-order valence-corrected chi connectivity index (χ3v) is 12.8. The van der Waals surface area contributed by atoms with Crippen LogP contribution in [0.15, 0.2) is 255 Å². The van der Waals surface area contributed by atoms with Crippen LogP contribution in [0.5, 0.6) is 0 Å². The summed E-state index contributed by atoms with van der Waals surface area (Å²) in [6.45, 7) is 0. The van der Waals surface area contributed by atoms with Gasteiger partial charge >= 0.3 is 0 Å². The maximum atomic E-state index is 2.41. The number of para-hydroxylation sites is 1. The molecule has 12 aromatic rings. The molecule has 0 amide bonds. The van der Waals surface area contributed by atoms with Gasteiger partial charge in [0.2, 0.25) is 0 Å². The molecule has 0 fully saturated rings. The molecule has 64 heavy (non-hydrogen) atoms. The van der Waals surface area contributed by atoms with Crippen molar-refractivity contribution in [1.29, 1.82) is 0 Å². The first-order valence-electron chi connectivity index (χ1n) is 22.0. The molecule has 0 saturated heterocycles. The summed E-state index contributed by atoms with van der Waals surface area (Å²) < 4.78 is 2.41. The van der Waals surface area contributed by atoms with Crippen LogP contribution in [-0.2, 0) is 0 Å². The molecule has 0 bridgehead atoms. The molecule has 1 heterocycles. The third-order valence-electron chi connectivity index (χ3n) is 12.8. The largest absolute Gasteiger partial charge is 0.311 e. The number of hydrogen-bond donors (Lipinski definition) is 0. The molecule has 0 aliphatic carbocycles. The molecule has 0 aliphatic rings. The average molecular weight is 815 g/mol. The lowest BCUT2D eigenvalue weighted by molar-refractivity contribution is 1.17. The molecule has 0 saturated carbocycles. The smallest absolute Gasteiger partial charge is 0.0541 e. The molecule has 2 heteroatoms. The first kappa shape index (κ1) is 37.3. The Morgan fingerprint density at radius 2 is 0.562 bits per heavy atom. The summed E-state index contributed by atoms with van der Waals surface area (Å²) in [5.41, 5.74) is 16.6. The Labute approximate surface area is 373 Å². The highest BCUT2D eigenvalue weighted by Gasteiger charge is 2.19. The Morgan fingerprint density at radius 3 is 1.00 bits per heavy atom. The van der Waals surface area contributed by atoms with Gasteiger partial charge in [0.25, 0.3) is 0 Å². The summed E-state index contributed by atoms with van der Waals surface area (Å²) in [5.74, 6) is 0. The van der Waals surface area contributed by atoms with Gasteiger partial charge in [-0.25, -0.2) is 0 Å². The van der Waals surface area contributed by atoms with E-state index in [4.69, 9.17) is 0 Å². The summed E-state index contributed by atoms with van der Waals surface area (Å²) in [5, 5.41) is 7.49. The predicted octanol–water partition coefficient (Wildman–Crippen LogP) is 17.2. The SMILES string of the molecule is c1ccc(-c2ccc3c(c2)c2cc(-c4ccccc4)ccc2n3-c2ccc(N(c3ccccc3)c3ccc(-c4c5ccccc5c(-c5ccccc5)c5ccccc45)cc3)cc2)cc1. The molecule has 0 radical (unpaired) electrons. The number of hydrogen-bond acceptors (Lipinski definition) is 1. The van der Waals surface area contributed by atoms with E-state index in [-0.39, 0.29) is 0 Å². The summed E-state index contributed by atoms with van der Waals surface area (Å²) in [6.07, 6.45) is 0. The lowest BCUT2D eigenvalue weighted by Gasteiger charge is -2.26. The zero-order chi connectivity index (χ0) is 42.4. The molecule has 2 nitrogen and oxygen atoms in total. The molecule has 0 unspecified atom stereocenters. The van der Waals surface area contributed by atoms with E-state index in [1.165, 1.54) is 87.9 Å². The normalized spacial score (nSPS) is 11.4. The Morgan fingerprint density at radius 1 is 0.234 bits per heavy atom. The van der Waals surface area contributed by atoms with E-state index in [2.05, 4.69) is 264 Å². The minimum Gasteiger partial charge on any atom is -0.311 e. The van der Waals surface area contributed by atoms with Crippen LogP contribution in [-0.4, -0.2) is 4.57 Å². The van der Waals surface area contributed by atoms with Gasteiger partial charge in [0, 0.05) is 33.5 Å². The van der Waals surface area contributed by atoms with Crippen LogP contribution in [0.4, 0.5) is 17.1 Å². The molecule has 12 rings (SSSR count). The van der Waals surface area contributed by atoms with Crippen LogP contribution in [0.1, 0.15) is 0 Å². The molecule has 0 spiro atoms. The van der Waals surface area contributed by atoms with Gasteiger partial charge in [-0.3, -0.25) is 0 Å². The van der Waals surface area contributed by atoms with Crippen molar-refractivity contribution in [3.8, 4) is 50.2 Å². The highest BCUT2D eigenvalue weighted by Crippen LogP contribution is 2.45. The summed E-state index contributed by atoms with van der Waals surface area (Å²) in [6, 6.07) is 92.5. The Bertz CT molecular complexity index is 3460. The predicted molar refractivity (Wildman–Crippen MR) is 272 cm³/mol. The van der Waals surface area contributed by atoms with Gasteiger partial charge in [0.05, 0.1) is 11.0 Å². The number of aromatic nitrogens is 1. The Hall–Kier alpha value is -8.46. The van der Waals surface area contributed by atoms with Gasteiger partial charge in [-0.15, -0.1) is 0 Å². The first-order valence-corrected chi connectivity index (χ1v) is 22.0. The number of rotatable bonds is 8. The van der Waals surface area contributed by atoms with E-state index in [0.717, 1.165) is 22.7 Å². The van der Waals surface area contributed by atoms with E-state index in [9.17, 15) is 0 Å². The number of anilines is 3. The topological polar surface area (TPSA) is 8.17 Å². The lowest BCUT2D eigenvalue weighted by atomic mass is 9.86. The molecular formula is C62H42N2. The second-order valence-electron chi connectivity index (χ2n) is 16.5. The van der Waals surface area contributed by atoms with E-state index in [1.807, 2.05) is 0 Å². The fourth-order valence-corrected chi connectivity index (χ4v) is 9.83. The third kappa shape index (κ3) is 6.44. The minimum atomic E-state index is 1.09. The van der Waals surface area contributed by atoms with Crippen LogP contribution < -0.4 is 4.90 Å². The van der Waals surface area contributed by atoms with Crippen LogP contribution in [0.25, 0.3) is 93.5 Å². The molecule has 0 N–H and O–H groups in total. The van der Waals surface area contributed by atoms with E-state index in [1.54, 1.807) is 0 Å². The van der Waals surface area contributed by atoms with Crippen molar-refractivity contribution in [1.82, 2.24) is 4.57 Å². The lowest BCUT2D eigenvalue weighted by Crippen LogP contribution is -2.10. The van der Waals surface area contributed by atoms with Crippen molar-refractivity contribution in [2.45, 2.75) is 0 Å². The number of nitrogens with zero attached hydrogens (tertiary/aromatic N) is 2. The van der Waals surface area contributed by atoms with E-state index in [0.29, 0.717) is 0 Å². The highest BCUT2D eigenvalue weighted by molar-refractivity contribution is 6.21. The van der Waals surface area contributed by atoms with Crippen molar-refractivity contribution in [2.24, 2.45) is 0 Å². The number of fused-ring (bicyclic) bond motifs is 5. The molecular weight excluding hydrogens is 773 g/mol. The monoisotopic (exact) mass is 814 g/mol. The Kier molecular flexibility index (Phi) is 9.20. The van der Waals surface area contributed by atoms with Gasteiger partial charge in [0.1, 0.15) is 0 Å². The van der Waals surface area contributed by atoms with Crippen molar-refractivity contribution < 1.29 is 0 Å². The van der Waals surface area contributed by atoms with Crippen molar-refractivity contribution in [3.05, 3.63) is 255 Å². The van der Waals surface area contributed by atoms with Gasteiger partial charge in [-0.2, -0.15) is 0 Å². The van der Waals surface area contributed by atoms with Crippen LogP contribution >= 0.6 is 0 Å². The van der Waals surface area contributed by atoms with Gasteiger partial charge in [-0.1, -0.05) is 182 Å². The molecule has 300 valence electrons. The van der Waals surface area contributed by atoms with Crippen molar-refractivity contribution in [3.63, 3.8) is 0 Å². The quantitative estimate of drug-likeness (QED) is 0.139. The van der Waals surface area contributed by atoms with Crippen molar-refractivity contribution in [2.75, 3.05) is 4.90 Å². The van der Waals surface area contributed by atoms with E-state index >= 15 is 0 Å². The second kappa shape index (κ2) is 15.8. The second-order valence-corrected chi connectivity index (χ2v) is 16.5. The van der Waals surface area contributed by atoms with Crippen LogP contribution in [0.2, 0.25) is 0 Å². The minimum absolute atomic E-state index is 1.09. The van der Waals surface area contributed by atoms with Gasteiger partial charge in [-0.05, 0) is 139 Å². The fourth-order valence-electron chi connectivity index (χ4n) is 9.83. The zero-order valence-electron chi connectivity index (χ0n) is 35.1. The van der Waals surface area contributed by atoms with Gasteiger partial charge in [0.15, 0.2) is 0 Å². The molecule has 0 aliphatic heterocycles. The fraction of sp³-hybridized carbons (Fsp3) is 0. The molecule has 0 atom stereocenters. The standard InChI is InChI=1S/C62H42N2/c1-5-17-43(18-6-1)47-31-39-59-57(41-47)58-42-48(44-19-7-2-8-20-44)32-40-60(58)64(59)52-37-35-51(36-38-52)63(49-23-11-4-12-24-49)50-33-29-46(30-34-50)62-55-27-15-13-25-53(55)61(45-21-9-3-10-22-45)54-26-14-16-28-56(54)62/h1-42H. The van der Waals surface area contributed by atoms with Crippen molar-refractivity contribution >= 4 is 60.4 Å². The molecule has 11 aromatic carbocycles. The van der Waals surface area contributed by atoms with Crippen LogP contribution in [0.3, 0.4) is 0 Å². The molecule has 1 aromatic heterocycles. The summed E-state index contributed by atoms with van der Waals surface area (Å²) in [4.78, 5) is 2.35. The van der Waals surface area contributed by atoms with E-state index < -0.39 is 0 Å². The average Bonchev–Trinajstić information content (AvgIpc) is 3.70. The Balaban J connectivity index is 0.965. The number of benzene rings is 11. The van der Waals surface area contributed by atoms with Gasteiger partial charge < -0.3 is 9.47 Å². The highest BCUT2D eigenvalue weighted by atomic mass is 15.1. The summed E-state index contributed by atoms with van der Waals surface area (Å²) in [7, 11) is 0. The zero-order valence-corrected chi connectivity index (χ0v) is 35.1. The van der Waals surface area contributed by atoms with Crippen LogP contribution in [0, 0.1) is 0 Å². The maximum Gasteiger partial charge on any atom is 0.0541 e. The maximum absolute atomic E-state index is 2.41. The summed E-state index contributed by atoms with van der Waals surface area (Å²) >= 11 is 0. The first-order chi connectivity index (χ1) is 31.8.